The van der Waals surface area contributed by atoms with Crippen LogP contribution in [0.5, 0.6) is 0 Å². The number of methoxy groups -OCH3 is 1. The monoisotopic (exact) mass is 302 g/mol. The van der Waals surface area contributed by atoms with Crippen molar-refractivity contribution in [2.45, 2.75) is 13.0 Å². The van der Waals surface area contributed by atoms with E-state index in [0.29, 0.717) is 5.56 Å². The topological polar surface area (TPSA) is 41.6 Å². The van der Waals surface area contributed by atoms with Gasteiger partial charge in [0.05, 0.1) is 13.2 Å². The quantitative estimate of drug-likeness (QED) is 0.920. The van der Waals surface area contributed by atoms with Crippen LogP contribution < -0.4 is 10.2 Å². The van der Waals surface area contributed by atoms with Crippen molar-refractivity contribution in [2.24, 2.45) is 0 Å². The molecule has 22 heavy (non-hydrogen) atoms. The Hall–Kier alpha value is -2.56. The molecule has 116 valence electrons. The maximum Gasteiger partial charge on any atom is 0.413 e. The average molecular weight is 302 g/mol. The van der Waals surface area contributed by atoms with Crippen LogP contribution in [0.2, 0.25) is 0 Å². The molecule has 0 saturated heterocycles. The van der Waals surface area contributed by atoms with Crippen LogP contribution in [0.4, 0.5) is 20.6 Å². The third-order valence-electron chi connectivity index (χ3n) is 3.46. The number of ether oxygens (including phenoxy) is 1. The lowest BCUT2D eigenvalue weighted by Crippen LogP contribution is -2.25. The second kappa shape index (κ2) is 6.93. The minimum Gasteiger partial charge on any atom is -0.452 e. The van der Waals surface area contributed by atoms with E-state index in [1.165, 1.54) is 18.1 Å². The maximum absolute atomic E-state index is 13.7. The largest absolute Gasteiger partial charge is 0.452 e. The summed E-state index contributed by atoms with van der Waals surface area (Å²) in [6.07, 6.45) is -0.430. The van der Waals surface area contributed by atoms with E-state index >= 15 is 0 Å². The molecule has 2 rings (SSSR count). The van der Waals surface area contributed by atoms with Crippen molar-refractivity contribution in [3.8, 4) is 0 Å². The number of hydrogen-bond donors (Lipinski definition) is 1. The highest BCUT2D eigenvalue weighted by atomic mass is 19.1. The highest BCUT2D eigenvalue weighted by Crippen LogP contribution is 2.23. The summed E-state index contributed by atoms with van der Waals surface area (Å²) in [5.41, 5.74) is 2.17. The summed E-state index contributed by atoms with van der Waals surface area (Å²) in [6.45, 7) is 1.90. The summed E-state index contributed by atoms with van der Waals surface area (Å²) < 4.78 is 18.4. The first-order valence-corrected chi connectivity index (χ1v) is 6.95. The van der Waals surface area contributed by atoms with Gasteiger partial charge >= 0.3 is 6.09 Å². The summed E-state index contributed by atoms with van der Waals surface area (Å²) in [7, 11) is 2.97. The van der Waals surface area contributed by atoms with Gasteiger partial charge in [-0.2, -0.15) is 0 Å². The number of hydrogen-bond acceptors (Lipinski definition) is 3. The van der Waals surface area contributed by atoms with Gasteiger partial charge in [-0.15, -0.1) is 0 Å². The molecule has 1 N–H and O–H groups in total. The predicted octanol–water partition coefficient (Wildman–Crippen LogP) is 4.20. The molecular formula is C17H19FN2O2. The van der Waals surface area contributed by atoms with E-state index in [0.717, 1.165) is 11.4 Å². The Labute approximate surface area is 129 Å². The fraction of sp³-hybridized carbons (Fsp3) is 0.235. The Morgan fingerprint density at radius 2 is 1.82 bits per heavy atom. The molecule has 0 radical (unpaired) electrons. The zero-order chi connectivity index (χ0) is 16.1. The summed E-state index contributed by atoms with van der Waals surface area (Å²) in [4.78, 5) is 12.9. The van der Waals surface area contributed by atoms with Gasteiger partial charge < -0.3 is 10.1 Å². The fourth-order valence-corrected chi connectivity index (χ4v) is 2.18. The molecule has 0 aliphatic rings. The third-order valence-corrected chi connectivity index (χ3v) is 3.46. The average Bonchev–Trinajstić information content (AvgIpc) is 2.54. The lowest BCUT2D eigenvalue weighted by atomic mass is 10.1. The first-order chi connectivity index (χ1) is 10.5. The lowest BCUT2D eigenvalue weighted by Gasteiger charge is -2.18. The van der Waals surface area contributed by atoms with Crippen LogP contribution >= 0.6 is 0 Å². The van der Waals surface area contributed by atoms with E-state index in [2.05, 4.69) is 10.1 Å². The number of carbonyl (C=O) groups excluding carboxylic acids is 1. The van der Waals surface area contributed by atoms with Gasteiger partial charge in [-0.1, -0.05) is 18.2 Å². The van der Waals surface area contributed by atoms with Crippen molar-refractivity contribution in [3.63, 3.8) is 0 Å². The van der Waals surface area contributed by atoms with Crippen LogP contribution in [-0.4, -0.2) is 20.3 Å². The van der Waals surface area contributed by atoms with Crippen LogP contribution in [0.3, 0.4) is 0 Å². The van der Waals surface area contributed by atoms with E-state index in [-0.39, 0.29) is 11.9 Å². The van der Waals surface area contributed by atoms with Crippen LogP contribution in [-0.2, 0) is 4.74 Å². The zero-order valence-corrected chi connectivity index (χ0v) is 12.8. The second-order valence-corrected chi connectivity index (χ2v) is 4.96. The first-order valence-electron chi connectivity index (χ1n) is 6.95. The normalized spacial score (nSPS) is 11.6. The van der Waals surface area contributed by atoms with Crippen molar-refractivity contribution in [3.05, 3.63) is 59.9 Å². The van der Waals surface area contributed by atoms with E-state index < -0.39 is 6.09 Å². The number of nitrogens with zero attached hydrogens (tertiary/aromatic N) is 1. The third kappa shape index (κ3) is 3.55. The van der Waals surface area contributed by atoms with E-state index in [1.54, 1.807) is 31.3 Å². The SMILES string of the molecule is COC(=O)N(C)c1ccc(N[C@@H](C)c2ccccc2F)cc1. The fourth-order valence-electron chi connectivity index (χ4n) is 2.18. The van der Waals surface area contributed by atoms with Gasteiger partial charge in [-0.3, -0.25) is 4.90 Å². The van der Waals surface area contributed by atoms with E-state index in [1.807, 2.05) is 25.1 Å². The van der Waals surface area contributed by atoms with Gasteiger partial charge in [0.2, 0.25) is 0 Å². The van der Waals surface area contributed by atoms with Crippen LogP contribution in [0.25, 0.3) is 0 Å². The number of rotatable bonds is 4. The molecule has 0 bridgehead atoms. The van der Waals surface area contributed by atoms with Crippen LogP contribution in [0.1, 0.15) is 18.5 Å². The molecule has 0 aliphatic heterocycles. The van der Waals surface area contributed by atoms with Crippen LogP contribution in [0, 0.1) is 5.82 Å². The Bertz CT molecular complexity index is 643. The number of carbonyl (C=O) groups is 1. The minimum absolute atomic E-state index is 0.162. The van der Waals surface area contributed by atoms with Crippen molar-refractivity contribution in [1.82, 2.24) is 0 Å². The molecule has 0 spiro atoms. The molecule has 1 atom stereocenters. The Kier molecular flexibility index (Phi) is 4.99. The molecule has 4 nitrogen and oxygen atoms in total. The molecule has 1 amide bonds. The number of anilines is 2. The first kappa shape index (κ1) is 15.8. The second-order valence-electron chi connectivity index (χ2n) is 4.96. The minimum atomic E-state index is -0.430. The van der Waals surface area contributed by atoms with Crippen LogP contribution in [0.15, 0.2) is 48.5 Å². The summed E-state index contributed by atoms with van der Waals surface area (Å²) in [6, 6.07) is 13.8. The highest BCUT2D eigenvalue weighted by molar-refractivity contribution is 5.87. The van der Waals surface area contributed by atoms with Crippen molar-refractivity contribution in [1.29, 1.82) is 0 Å². The van der Waals surface area contributed by atoms with Gasteiger partial charge in [0.25, 0.3) is 0 Å². The van der Waals surface area contributed by atoms with Gasteiger partial charge in [0.1, 0.15) is 5.82 Å². The molecule has 2 aromatic rings. The number of nitrogens with one attached hydrogen (secondary N) is 1. The van der Waals surface area contributed by atoms with E-state index in [9.17, 15) is 9.18 Å². The molecule has 0 saturated carbocycles. The van der Waals surface area contributed by atoms with Gasteiger partial charge in [0, 0.05) is 24.0 Å². The molecule has 0 unspecified atom stereocenters. The number of halogens is 1. The smallest absolute Gasteiger partial charge is 0.413 e. The van der Waals surface area contributed by atoms with Gasteiger partial charge in [-0.25, -0.2) is 9.18 Å². The maximum atomic E-state index is 13.7. The summed E-state index contributed by atoms with van der Waals surface area (Å²) in [5.74, 6) is -0.232. The zero-order valence-electron chi connectivity index (χ0n) is 12.8. The summed E-state index contributed by atoms with van der Waals surface area (Å²) in [5, 5.41) is 3.23. The standard InChI is InChI=1S/C17H19FN2O2/c1-12(15-6-4-5-7-16(15)18)19-13-8-10-14(11-9-13)20(2)17(21)22-3/h4-12,19H,1-3H3/t12-/m0/s1. The summed E-state index contributed by atoms with van der Waals surface area (Å²) >= 11 is 0. The molecule has 5 heteroatoms. The van der Waals surface area contributed by atoms with Gasteiger partial charge in [0.15, 0.2) is 0 Å². The molecule has 0 fully saturated rings. The van der Waals surface area contributed by atoms with E-state index in [4.69, 9.17) is 0 Å². The van der Waals surface area contributed by atoms with Crippen molar-refractivity contribution in [2.75, 3.05) is 24.4 Å². The Balaban J connectivity index is 2.08. The Morgan fingerprint density at radius 3 is 2.41 bits per heavy atom. The molecule has 0 heterocycles. The predicted molar refractivity (Wildman–Crippen MR) is 85.7 cm³/mol. The molecule has 2 aromatic carbocycles. The molecule has 0 aliphatic carbocycles. The highest BCUT2D eigenvalue weighted by Gasteiger charge is 2.12. The van der Waals surface area contributed by atoms with Gasteiger partial charge in [-0.05, 0) is 37.3 Å². The Morgan fingerprint density at radius 1 is 1.18 bits per heavy atom. The molecular weight excluding hydrogens is 283 g/mol. The van der Waals surface area contributed by atoms with Crippen molar-refractivity contribution >= 4 is 17.5 Å². The van der Waals surface area contributed by atoms with Crippen molar-refractivity contribution < 1.29 is 13.9 Å². The number of benzene rings is 2. The number of amides is 1. The lowest BCUT2D eigenvalue weighted by molar-refractivity contribution is 0.180. The molecule has 0 aromatic heterocycles.